The number of likely N-dealkylation sites (tertiary alicyclic amines) is 1. The number of rotatable bonds is 8. The van der Waals surface area contributed by atoms with E-state index in [4.69, 9.17) is 14.7 Å². The average Bonchev–Trinajstić information content (AvgIpc) is 3.47. The van der Waals surface area contributed by atoms with E-state index in [0.29, 0.717) is 64.0 Å². The number of anilines is 3. The summed E-state index contributed by atoms with van der Waals surface area (Å²) < 4.78 is 6.43. The van der Waals surface area contributed by atoms with E-state index in [0.717, 1.165) is 53.0 Å². The normalized spacial score (nSPS) is 20.5. The molecule has 1 amide bonds. The van der Waals surface area contributed by atoms with Gasteiger partial charge in [-0.1, -0.05) is 30.8 Å². The standard InChI is InChI=1S/C35H44N8O3/c1-5-32(45)43-18-17-41(21-26(43)12-13-36)34-33-30(37-35(38-34)46-23-27-10-8-14-42(27)24(2)3)22-40(16-15-39(33)4)31-20-28(44)19-25-9-6-7-11-29(25)31/h5-7,9,11,19-20,24,26-27,44H,1,8,10,12,14-18,21-23H2,2-4H3/t26-,27+/m0/s1. The van der Waals surface area contributed by atoms with Crippen molar-refractivity contribution in [3.8, 4) is 17.8 Å². The number of fused-ring (bicyclic) bond motifs is 2. The number of amides is 1. The van der Waals surface area contributed by atoms with Crippen molar-refractivity contribution in [1.82, 2.24) is 19.8 Å². The molecule has 2 saturated heterocycles. The summed E-state index contributed by atoms with van der Waals surface area (Å²) in [6, 6.07) is 14.8. The SMILES string of the molecule is C=CC(=O)N1CCN(c2nc(OC[C@H]3CCCN3C(C)C)nc3c2N(C)CCN(c2cc(O)cc4ccccc24)C3)C[C@@H]1CC#N. The molecule has 242 valence electrons. The minimum absolute atomic E-state index is 0.164. The number of likely N-dealkylation sites (N-methyl/N-ethyl adjacent to an activating group) is 1. The van der Waals surface area contributed by atoms with E-state index in [9.17, 15) is 15.2 Å². The Morgan fingerprint density at radius 1 is 1.13 bits per heavy atom. The molecule has 1 aromatic heterocycles. The summed E-state index contributed by atoms with van der Waals surface area (Å²) in [5, 5.41) is 22.3. The van der Waals surface area contributed by atoms with Crippen molar-refractivity contribution in [2.75, 3.05) is 67.6 Å². The topological polar surface area (TPSA) is 112 Å². The Bertz CT molecular complexity index is 1640. The molecule has 3 aromatic rings. The van der Waals surface area contributed by atoms with Gasteiger partial charge < -0.3 is 29.4 Å². The lowest BCUT2D eigenvalue weighted by Gasteiger charge is -2.41. The maximum Gasteiger partial charge on any atom is 0.318 e. The lowest BCUT2D eigenvalue weighted by Crippen LogP contribution is -2.55. The number of nitriles is 1. The lowest BCUT2D eigenvalue weighted by molar-refractivity contribution is -0.128. The first-order valence-electron chi connectivity index (χ1n) is 16.3. The van der Waals surface area contributed by atoms with E-state index in [1.165, 1.54) is 6.08 Å². The first kappa shape index (κ1) is 31.4. The molecule has 0 unspecified atom stereocenters. The molecule has 46 heavy (non-hydrogen) atoms. The first-order valence-corrected chi connectivity index (χ1v) is 16.3. The van der Waals surface area contributed by atoms with Crippen LogP contribution in [0.2, 0.25) is 0 Å². The number of hydrogen-bond donors (Lipinski definition) is 1. The van der Waals surface area contributed by atoms with Crippen LogP contribution in [-0.2, 0) is 11.3 Å². The number of aromatic hydroxyl groups is 1. The fourth-order valence-corrected chi connectivity index (χ4v) is 7.26. The molecular formula is C35H44N8O3. The summed E-state index contributed by atoms with van der Waals surface area (Å²) in [7, 11) is 2.06. The van der Waals surface area contributed by atoms with Gasteiger partial charge in [-0.25, -0.2) is 0 Å². The molecule has 2 atom stereocenters. The van der Waals surface area contributed by atoms with Gasteiger partial charge in [0.1, 0.15) is 18.0 Å². The van der Waals surface area contributed by atoms with Crippen molar-refractivity contribution < 1.29 is 14.6 Å². The summed E-state index contributed by atoms with van der Waals surface area (Å²) in [6.45, 7) is 13.1. The smallest absolute Gasteiger partial charge is 0.318 e. The maximum absolute atomic E-state index is 12.7. The predicted molar refractivity (Wildman–Crippen MR) is 180 cm³/mol. The number of phenols is 1. The van der Waals surface area contributed by atoms with Crippen LogP contribution in [0.3, 0.4) is 0 Å². The van der Waals surface area contributed by atoms with Crippen LogP contribution in [0.15, 0.2) is 49.1 Å². The van der Waals surface area contributed by atoms with E-state index >= 15 is 0 Å². The average molecular weight is 625 g/mol. The quantitative estimate of drug-likeness (QED) is 0.367. The summed E-state index contributed by atoms with van der Waals surface area (Å²) in [6.07, 6.45) is 3.76. The van der Waals surface area contributed by atoms with Crippen LogP contribution < -0.4 is 19.4 Å². The molecule has 4 heterocycles. The molecule has 1 N–H and O–H groups in total. The molecule has 3 aliphatic rings. The van der Waals surface area contributed by atoms with Crippen molar-refractivity contribution in [2.45, 2.75) is 57.8 Å². The fourth-order valence-electron chi connectivity index (χ4n) is 7.26. The van der Waals surface area contributed by atoms with Crippen molar-refractivity contribution in [2.24, 2.45) is 0 Å². The van der Waals surface area contributed by atoms with E-state index < -0.39 is 0 Å². The molecule has 0 saturated carbocycles. The minimum Gasteiger partial charge on any atom is -0.508 e. The Kier molecular flexibility index (Phi) is 9.17. The van der Waals surface area contributed by atoms with Gasteiger partial charge in [-0.05, 0) is 50.8 Å². The molecule has 2 aromatic carbocycles. The third-order valence-electron chi connectivity index (χ3n) is 9.57. The number of aromatic nitrogens is 2. The molecule has 11 heteroatoms. The van der Waals surface area contributed by atoms with Crippen LogP contribution in [0.1, 0.15) is 38.8 Å². The Morgan fingerprint density at radius 2 is 1.93 bits per heavy atom. The van der Waals surface area contributed by atoms with Crippen molar-refractivity contribution in [3.05, 3.63) is 54.7 Å². The van der Waals surface area contributed by atoms with Gasteiger partial charge in [0.2, 0.25) is 5.91 Å². The third-order valence-corrected chi connectivity index (χ3v) is 9.57. The molecule has 11 nitrogen and oxygen atoms in total. The number of piperazine rings is 1. The van der Waals surface area contributed by atoms with Gasteiger partial charge >= 0.3 is 6.01 Å². The van der Waals surface area contributed by atoms with E-state index in [2.05, 4.69) is 59.2 Å². The van der Waals surface area contributed by atoms with Gasteiger partial charge in [-0.2, -0.15) is 15.2 Å². The number of carbonyl (C=O) groups is 1. The molecule has 2 fully saturated rings. The predicted octanol–water partition coefficient (Wildman–Crippen LogP) is 4.16. The number of hydrogen-bond acceptors (Lipinski definition) is 10. The maximum atomic E-state index is 12.7. The van der Waals surface area contributed by atoms with Gasteiger partial charge in [0.25, 0.3) is 0 Å². The summed E-state index contributed by atoms with van der Waals surface area (Å²) in [4.78, 5) is 33.6. The van der Waals surface area contributed by atoms with Gasteiger partial charge in [0.15, 0.2) is 5.82 Å². The molecule has 3 aliphatic heterocycles. The van der Waals surface area contributed by atoms with Crippen LogP contribution in [-0.4, -0.2) is 102 Å². The third kappa shape index (κ3) is 6.27. The highest BCUT2D eigenvalue weighted by Gasteiger charge is 2.35. The molecule has 0 spiro atoms. The Labute approximate surface area is 271 Å². The summed E-state index contributed by atoms with van der Waals surface area (Å²) in [5.41, 5.74) is 2.70. The minimum atomic E-state index is -0.288. The zero-order chi connectivity index (χ0) is 32.4. The van der Waals surface area contributed by atoms with Crippen LogP contribution in [0.25, 0.3) is 10.8 Å². The molecular weight excluding hydrogens is 580 g/mol. The number of carbonyl (C=O) groups excluding carboxylic acids is 1. The zero-order valence-corrected chi connectivity index (χ0v) is 27.1. The lowest BCUT2D eigenvalue weighted by atomic mass is 10.1. The number of benzene rings is 2. The Hall–Kier alpha value is -4.56. The number of nitrogens with zero attached hydrogens (tertiary/aromatic N) is 8. The van der Waals surface area contributed by atoms with E-state index in [1.807, 2.05) is 24.3 Å². The van der Waals surface area contributed by atoms with E-state index in [1.54, 1.807) is 11.0 Å². The van der Waals surface area contributed by atoms with Crippen LogP contribution in [0.5, 0.6) is 11.8 Å². The summed E-state index contributed by atoms with van der Waals surface area (Å²) >= 11 is 0. The molecule has 0 aliphatic carbocycles. The van der Waals surface area contributed by atoms with Crippen LogP contribution in [0.4, 0.5) is 17.2 Å². The monoisotopic (exact) mass is 624 g/mol. The summed E-state index contributed by atoms with van der Waals surface area (Å²) in [5.74, 6) is 0.814. The van der Waals surface area contributed by atoms with Gasteiger partial charge in [-0.15, -0.1) is 0 Å². The Balaban J connectivity index is 1.39. The molecule has 0 bridgehead atoms. The highest BCUT2D eigenvalue weighted by Crippen LogP contribution is 2.39. The Morgan fingerprint density at radius 3 is 2.72 bits per heavy atom. The van der Waals surface area contributed by atoms with Gasteiger partial charge in [-0.3, -0.25) is 9.69 Å². The van der Waals surface area contributed by atoms with Crippen molar-refractivity contribution in [1.29, 1.82) is 5.26 Å². The van der Waals surface area contributed by atoms with Crippen molar-refractivity contribution in [3.63, 3.8) is 0 Å². The van der Waals surface area contributed by atoms with E-state index in [-0.39, 0.29) is 24.1 Å². The highest BCUT2D eigenvalue weighted by atomic mass is 16.5. The van der Waals surface area contributed by atoms with Crippen molar-refractivity contribution >= 4 is 33.9 Å². The van der Waals surface area contributed by atoms with Gasteiger partial charge in [0, 0.05) is 69.0 Å². The van der Waals surface area contributed by atoms with Gasteiger partial charge in [0.05, 0.1) is 30.8 Å². The number of phenolic OH excluding ortho intramolecular Hbond substituents is 1. The van der Waals surface area contributed by atoms with Crippen LogP contribution >= 0.6 is 0 Å². The molecule has 0 radical (unpaired) electrons. The first-order chi connectivity index (χ1) is 22.3. The fraction of sp³-hybridized carbons (Fsp3) is 0.486. The highest BCUT2D eigenvalue weighted by molar-refractivity contribution is 5.96. The second-order valence-corrected chi connectivity index (χ2v) is 12.8. The second kappa shape index (κ2) is 13.4. The zero-order valence-electron chi connectivity index (χ0n) is 27.1. The second-order valence-electron chi connectivity index (χ2n) is 12.8. The largest absolute Gasteiger partial charge is 0.508 e. The van der Waals surface area contributed by atoms with Crippen LogP contribution in [0, 0.1) is 11.3 Å². The molecule has 6 rings (SSSR count). The number of ether oxygens (including phenoxy) is 1.